The quantitative estimate of drug-likeness (QED) is 0.685. The minimum absolute atomic E-state index is 0.271. The van der Waals surface area contributed by atoms with Crippen LogP contribution in [0.2, 0.25) is 0 Å². The molecule has 1 aliphatic carbocycles. The van der Waals surface area contributed by atoms with Gasteiger partial charge in [-0.1, -0.05) is 0 Å². The van der Waals surface area contributed by atoms with Crippen molar-refractivity contribution < 1.29 is 4.74 Å². The molecule has 2 unspecified atom stereocenters. The van der Waals surface area contributed by atoms with E-state index in [2.05, 4.69) is 26.1 Å². The highest BCUT2D eigenvalue weighted by Crippen LogP contribution is 2.37. The number of nitrogens with one attached hydrogen (secondary N) is 1. The molecule has 1 fully saturated rings. The van der Waals surface area contributed by atoms with Crippen molar-refractivity contribution in [2.45, 2.75) is 52.0 Å². The third-order valence-electron chi connectivity index (χ3n) is 3.39. The second-order valence-corrected chi connectivity index (χ2v) is 5.86. The zero-order valence-corrected chi connectivity index (χ0v) is 10.8. The molecule has 1 saturated carbocycles. The molecule has 0 bridgehead atoms. The third kappa shape index (κ3) is 4.98. The van der Waals surface area contributed by atoms with E-state index in [1.165, 1.54) is 32.2 Å². The summed E-state index contributed by atoms with van der Waals surface area (Å²) in [5.74, 6) is 1.87. The van der Waals surface area contributed by atoms with Gasteiger partial charge in [0.1, 0.15) is 0 Å². The summed E-state index contributed by atoms with van der Waals surface area (Å²) in [4.78, 5) is 0. The lowest BCUT2D eigenvalue weighted by molar-refractivity contribution is 0.126. The van der Waals surface area contributed by atoms with Crippen molar-refractivity contribution in [3.63, 3.8) is 0 Å². The van der Waals surface area contributed by atoms with Crippen LogP contribution in [-0.4, -0.2) is 25.8 Å². The van der Waals surface area contributed by atoms with Crippen LogP contribution in [0.4, 0.5) is 0 Å². The Labute approximate surface area is 94.8 Å². The van der Waals surface area contributed by atoms with Crippen LogP contribution in [0.15, 0.2) is 0 Å². The standard InChI is InChI=1S/C13H27NO/c1-13(2,3)14-10-12-8-7-11(12)6-5-9-15-4/h11-12,14H,5-10H2,1-4H3. The molecule has 0 aromatic heterocycles. The highest BCUT2D eigenvalue weighted by Gasteiger charge is 2.30. The highest BCUT2D eigenvalue weighted by atomic mass is 16.5. The van der Waals surface area contributed by atoms with E-state index >= 15 is 0 Å². The summed E-state index contributed by atoms with van der Waals surface area (Å²) in [7, 11) is 1.79. The lowest BCUT2D eigenvalue weighted by Crippen LogP contribution is -2.43. The molecule has 0 aromatic rings. The first-order valence-corrected chi connectivity index (χ1v) is 6.27. The van der Waals surface area contributed by atoms with Crippen LogP contribution in [0.3, 0.4) is 0 Å². The molecule has 0 spiro atoms. The Hall–Kier alpha value is -0.0800. The van der Waals surface area contributed by atoms with E-state index in [1.54, 1.807) is 7.11 Å². The van der Waals surface area contributed by atoms with Crippen LogP contribution < -0.4 is 5.32 Å². The molecule has 0 aromatic carbocycles. The predicted molar refractivity (Wildman–Crippen MR) is 65.1 cm³/mol. The average molecular weight is 213 g/mol. The SMILES string of the molecule is COCCCC1CCC1CNC(C)(C)C. The van der Waals surface area contributed by atoms with Gasteiger partial charge >= 0.3 is 0 Å². The van der Waals surface area contributed by atoms with Gasteiger partial charge in [0.2, 0.25) is 0 Å². The molecule has 1 rings (SSSR count). The second-order valence-electron chi connectivity index (χ2n) is 5.86. The number of rotatable bonds is 6. The first-order valence-electron chi connectivity index (χ1n) is 6.27. The smallest absolute Gasteiger partial charge is 0.0462 e. The van der Waals surface area contributed by atoms with Crippen molar-refractivity contribution in [2.24, 2.45) is 11.8 Å². The van der Waals surface area contributed by atoms with Crippen LogP contribution in [0.1, 0.15) is 46.5 Å². The van der Waals surface area contributed by atoms with Crippen LogP contribution in [0, 0.1) is 11.8 Å². The molecule has 2 atom stereocenters. The fourth-order valence-electron chi connectivity index (χ4n) is 2.21. The zero-order valence-electron chi connectivity index (χ0n) is 10.8. The molecule has 0 saturated heterocycles. The Kier molecular flexibility index (Phi) is 5.07. The monoisotopic (exact) mass is 213 g/mol. The number of ether oxygens (including phenoxy) is 1. The fraction of sp³-hybridized carbons (Fsp3) is 1.00. The van der Waals surface area contributed by atoms with E-state index in [0.717, 1.165) is 18.4 Å². The topological polar surface area (TPSA) is 21.3 Å². The van der Waals surface area contributed by atoms with Crippen LogP contribution in [-0.2, 0) is 4.74 Å². The molecule has 0 radical (unpaired) electrons. The summed E-state index contributed by atoms with van der Waals surface area (Å²) >= 11 is 0. The van der Waals surface area contributed by atoms with Gasteiger partial charge < -0.3 is 10.1 Å². The fourth-order valence-corrected chi connectivity index (χ4v) is 2.21. The number of hydrogen-bond acceptors (Lipinski definition) is 2. The summed E-state index contributed by atoms with van der Waals surface area (Å²) < 4.78 is 5.09. The van der Waals surface area contributed by atoms with Gasteiger partial charge in [-0.05, 0) is 64.8 Å². The predicted octanol–water partition coefficient (Wildman–Crippen LogP) is 2.83. The lowest BCUT2D eigenvalue weighted by Gasteiger charge is -2.38. The summed E-state index contributed by atoms with van der Waals surface area (Å²) in [5, 5.41) is 3.61. The van der Waals surface area contributed by atoms with Gasteiger partial charge in [0, 0.05) is 19.3 Å². The molecule has 90 valence electrons. The Bertz CT molecular complexity index is 174. The maximum Gasteiger partial charge on any atom is 0.0462 e. The molecular formula is C13H27NO. The van der Waals surface area contributed by atoms with Crippen molar-refractivity contribution in [1.82, 2.24) is 5.32 Å². The Morgan fingerprint density at radius 1 is 1.20 bits per heavy atom. The summed E-state index contributed by atoms with van der Waals surface area (Å²) in [6.45, 7) is 8.85. The van der Waals surface area contributed by atoms with Gasteiger partial charge in [0.05, 0.1) is 0 Å². The minimum Gasteiger partial charge on any atom is -0.385 e. The summed E-state index contributed by atoms with van der Waals surface area (Å²) in [6.07, 6.45) is 5.43. The van der Waals surface area contributed by atoms with Crippen LogP contribution in [0.5, 0.6) is 0 Å². The van der Waals surface area contributed by atoms with E-state index in [4.69, 9.17) is 4.74 Å². The lowest BCUT2D eigenvalue weighted by atomic mass is 9.71. The van der Waals surface area contributed by atoms with Crippen molar-refractivity contribution in [3.8, 4) is 0 Å². The maximum atomic E-state index is 5.09. The molecule has 0 amide bonds. The van der Waals surface area contributed by atoms with Gasteiger partial charge in [-0.3, -0.25) is 0 Å². The largest absolute Gasteiger partial charge is 0.385 e. The Morgan fingerprint density at radius 2 is 1.87 bits per heavy atom. The van der Waals surface area contributed by atoms with Crippen LogP contribution >= 0.6 is 0 Å². The Balaban J connectivity index is 2.10. The molecule has 0 heterocycles. The molecule has 1 aliphatic rings. The zero-order chi connectivity index (χ0) is 11.3. The highest BCUT2D eigenvalue weighted by molar-refractivity contribution is 4.84. The van der Waals surface area contributed by atoms with Gasteiger partial charge in [-0.15, -0.1) is 0 Å². The number of hydrogen-bond donors (Lipinski definition) is 1. The first-order chi connectivity index (χ1) is 7.03. The van der Waals surface area contributed by atoms with E-state index in [-0.39, 0.29) is 5.54 Å². The third-order valence-corrected chi connectivity index (χ3v) is 3.39. The van der Waals surface area contributed by atoms with Gasteiger partial charge in [-0.25, -0.2) is 0 Å². The average Bonchev–Trinajstić information content (AvgIpc) is 2.08. The van der Waals surface area contributed by atoms with Crippen molar-refractivity contribution >= 4 is 0 Å². The minimum atomic E-state index is 0.271. The molecule has 2 nitrogen and oxygen atoms in total. The number of methoxy groups -OCH3 is 1. The van der Waals surface area contributed by atoms with Gasteiger partial charge in [0.25, 0.3) is 0 Å². The molecular weight excluding hydrogens is 186 g/mol. The van der Waals surface area contributed by atoms with Crippen molar-refractivity contribution in [2.75, 3.05) is 20.3 Å². The summed E-state index contributed by atoms with van der Waals surface area (Å²) in [6, 6.07) is 0. The van der Waals surface area contributed by atoms with Gasteiger partial charge in [0.15, 0.2) is 0 Å². The normalized spacial score (nSPS) is 26.4. The van der Waals surface area contributed by atoms with Crippen molar-refractivity contribution in [3.05, 3.63) is 0 Å². The van der Waals surface area contributed by atoms with E-state index in [0.29, 0.717) is 0 Å². The second kappa shape index (κ2) is 5.86. The first kappa shape index (κ1) is 13.0. The molecule has 2 heteroatoms. The van der Waals surface area contributed by atoms with Crippen LogP contribution in [0.25, 0.3) is 0 Å². The Morgan fingerprint density at radius 3 is 2.33 bits per heavy atom. The molecule has 0 aliphatic heterocycles. The van der Waals surface area contributed by atoms with E-state index in [9.17, 15) is 0 Å². The van der Waals surface area contributed by atoms with Gasteiger partial charge in [-0.2, -0.15) is 0 Å². The summed E-state index contributed by atoms with van der Waals surface area (Å²) in [5.41, 5.74) is 0.271. The van der Waals surface area contributed by atoms with Crippen molar-refractivity contribution in [1.29, 1.82) is 0 Å². The van der Waals surface area contributed by atoms with E-state index < -0.39 is 0 Å². The van der Waals surface area contributed by atoms with E-state index in [1.807, 2.05) is 0 Å². The molecule has 1 N–H and O–H groups in total. The molecule has 15 heavy (non-hydrogen) atoms. The maximum absolute atomic E-state index is 5.09.